The number of benzene rings is 1. The molecule has 1 N–H and O–H groups in total. The average molecular weight is 395 g/mol. The van der Waals surface area contributed by atoms with Crippen LogP contribution in [0.3, 0.4) is 0 Å². The second-order valence-electron chi connectivity index (χ2n) is 6.87. The molecule has 0 saturated heterocycles. The molecule has 28 heavy (non-hydrogen) atoms. The first kappa shape index (κ1) is 19.8. The van der Waals surface area contributed by atoms with E-state index in [4.69, 9.17) is 15.7 Å². The van der Waals surface area contributed by atoms with E-state index in [0.717, 1.165) is 16.5 Å². The minimum Gasteiger partial charge on any atom is -0.470 e. The van der Waals surface area contributed by atoms with Crippen molar-refractivity contribution >= 4 is 28.6 Å². The van der Waals surface area contributed by atoms with Crippen molar-refractivity contribution in [3.63, 3.8) is 0 Å². The molecule has 144 valence electrons. The molecule has 0 fully saturated rings. The molecule has 0 aliphatic heterocycles. The summed E-state index contributed by atoms with van der Waals surface area (Å²) in [6.45, 7) is 5.63. The predicted octanol–water partition coefficient (Wildman–Crippen LogP) is 3.63. The highest BCUT2D eigenvalue weighted by Gasteiger charge is 2.31. The highest BCUT2D eigenvalue weighted by atomic mass is 32.2. The molecule has 3 aromatic rings. The normalized spacial score (nSPS) is 12.4. The number of nitrogens with one attached hydrogen (secondary N) is 1. The third-order valence-electron chi connectivity index (χ3n) is 4.27. The number of hydrogen-bond acceptors (Lipinski definition) is 6. The van der Waals surface area contributed by atoms with E-state index in [1.807, 2.05) is 45.2 Å². The van der Waals surface area contributed by atoms with Crippen molar-refractivity contribution in [1.82, 2.24) is 15.5 Å². The molecule has 0 spiro atoms. The van der Waals surface area contributed by atoms with Crippen molar-refractivity contribution in [2.75, 3.05) is 6.26 Å². The summed E-state index contributed by atoms with van der Waals surface area (Å²) in [7, 11) is 0. The first-order chi connectivity index (χ1) is 13.3. The van der Waals surface area contributed by atoms with Crippen LogP contribution in [0.5, 0.6) is 5.75 Å². The predicted molar refractivity (Wildman–Crippen MR) is 110 cm³/mol. The number of pyridine rings is 1. The van der Waals surface area contributed by atoms with Gasteiger partial charge in [-0.05, 0) is 51.3 Å². The first-order valence-electron chi connectivity index (χ1n) is 8.63. The van der Waals surface area contributed by atoms with Crippen LogP contribution in [0.2, 0.25) is 0 Å². The van der Waals surface area contributed by atoms with E-state index >= 15 is 0 Å². The van der Waals surface area contributed by atoms with Crippen LogP contribution in [0, 0.1) is 19.3 Å². The number of carbonyl (C=O) groups excluding carboxylic acids is 1. The van der Waals surface area contributed by atoms with E-state index in [1.165, 1.54) is 11.8 Å². The SMILES string of the molecule is C#Cc1cnc2ccc(OC(SC)C(=O)NC(C)(C)c3nocc3C)cc2c1. The van der Waals surface area contributed by atoms with Gasteiger partial charge in [-0.3, -0.25) is 9.78 Å². The van der Waals surface area contributed by atoms with Gasteiger partial charge in [0.25, 0.3) is 5.91 Å². The standard InChI is InChI=1S/C21H21N3O3S/c1-6-14-9-15-10-16(7-8-17(15)22-11-14)27-20(28-5)19(25)23-21(3,4)18-13(2)12-26-24-18/h1,7-12,20H,2-5H3,(H,23,25). The lowest BCUT2D eigenvalue weighted by atomic mass is 9.97. The number of hydrogen-bond donors (Lipinski definition) is 1. The Morgan fingerprint density at radius 3 is 2.82 bits per heavy atom. The fourth-order valence-electron chi connectivity index (χ4n) is 2.91. The molecule has 0 bridgehead atoms. The first-order valence-corrected chi connectivity index (χ1v) is 9.92. The van der Waals surface area contributed by atoms with Gasteiger partial charge in [-0.25, -0.2) is 0 Å². The molecule has 7 heteroatoms. The second-order valence-corrected chi connectivity index (χ2v) is 7.77. The van der Waals surface area contributed by atoms with Gasteiger partial charge in [-0.1, -0.05) is 11.1 Å². The van der Waals surface area contributed by atoms with E-state index < -0.39 is 11.0 Å². The third-order valence-corrected chi connectivity index (χ3v) is 5.00. The molecule has 1 aromatic carbocycles. The van der Waals surface area contributed by atoms with Crippen LogP contribution in [-0.4, -0.2) is 27.7 Å². The molecule has 1 unspecified atom stereocenters. The molecule has 2 aromatic heterocycles. The van der Waals surface area contributed by atoms with Gasteiger partial charge in [0.2, 0.25) is 5.44 Å². The summed E-state index contributed by atoms with van der Waals surface area (Å²) in [5.41, 5.74) is 1.62. The number of nitrogens with zero attached hydrogens (tertiary/aromatic N) is 2. The number of fused-ring (bicyclic) bond motifs is 1. The fourth-order valence-corrected chi connectivity index (χ4v) is 3.39. The summed E-state index contributed by atoms with van der Waals surface area (Å²) < 4.78 is 10.9. The fraction of sp³-hybridized carbons (Fsp3) is 0.286. The second kappa shape index (κ2) is 7.95. The lowest BCUT2D eigenvalue weighted by molar-refractivity contribution is -0.126. The number of aryl methyl sites for hydroxylation is 1. The van der Waals surface area contributed by atoms with Crippen LogP contribution in [0.15, 0.2) is 41.2 Å². The van der Waals surface area contributed by atoms with Crippen molar-refractivity contribution in [2.24, 2.45) is 0 Å². The number of ether oxygens (including phenoxy) is 1. The number of aromatic nitrogens is 2. The van der Waals surface area contributed by atoms with Gasteiger partial charge in [0.05, 0.1) is 11.1 Å². The molecule has 0 saturated carbocycles. The summed E-state index contributed by atoms with van der Waals surface area (Å²) in [5, 5.41) is 7.83. The minimum atomic E-state index is -0.729. The lowest BCUT2D eigenvalue weighted by Crippen LogP contribution is -2.47. The lowest BCUT2D eigenvalue weighted by Gasteiger charge is -2.27. The molecular formula is C21H21N3O3S. The molecule has 1 atom stereocenters. The molecule has 0 aliphatic carbocycles. The van der Waals surface area contributed by atoms with E-state index in [9.17, 15) is 4.79 Å². The molecule has 2 heterocycles. The van der Waals surface area contributed by atoms with E-state index in [1.54, 1.807) is 18.5 Å². The summed E-state index contributed by atoms with van der Waals surface area (Å²) in [4.78, 5) is 17.1. The number of rotatable bonds is 6. The van der Waals surface area contributed by atoms with Gasteiger partial charge in [-0.2, -0.15) is 0 Å². The minimum absolute atomic E-state index is 0.254. The quantitative estimate of drug-likeness (QED) is 0.507. The molecular weight excluding hydrogens is 374 g/mol. The number of carbonyl (C=O) groups is 1. The van der Waals surface area contributed by atoms with E-state index in [2.05, 4.69) is 21.4 Å². The van der Waals surface area contributed by atoms with Crippen LogP contribution in [-0.2, 0) is 10.3 Å². The summed E-state index contributed by atoms with van der Waals surface area (Å²) >= 11 is 1.30. The highest BCUT2D eigenvalue weighted by Crippen LogP contribution is 2.25. The Hall–Kier alpha value is -2.98. The Kier molecular flexibility index (Phi) is 5.61. The topological polar surface area (TPSA) is 77.2 Å². The van der Waals surface area contributed by atoms with Crippen LogP contribution >= 0.6 is 11.8 Å². The Bertz CT molecular complexity index is 1050. The maximum absolute atomic E-state index is 12.8. The van der Waals surface area contributed by atoms with Crippen molar-refractivity contribution in [2.45, 2.75) is 31.7 Å². The smallest absolute Gasteiger partial charge is 0.272 e. The molecule has 6 nitrogen and oxygen atoms in total. The zero-order chi connectivity index (χ0) is 20.3. The Morgan fingerprint density at radius 1 is 1.39 bits per heavy atom. The maximum atomic E-state index is 12.8. The van der Waals surface area contributed by atoms with Gasteiger partial charge in [0, 0.05) is 22.7 Å². The van der Waals surface area contributed by atoms with Crippen molar-refractivity contribution in [1.29, 1.82) is 0 Å². The third kappa shape index (κ3) is 4.12. The zero-order valence-corrected chi connectivity index (χ0v) is 17.0. The molecule has 0 radical (unpaired) electrons. The Morgan fingerprint density at radius 2 is 2.18 bits per heavy atom. The van der Waals surface area contributed by atoms with Gasteiger partial charge >= 0.3 is 0 Å². The Labute approximate surface area is 168 Å². The van der Waals surface area contributed by atoms with Gasteiger partial charge in [0.15, 0.2) is 0 Å². The molecule has 1 amide bonds. The van der Waals surface area contributed by atoms with Crippen LogP contribution in [0.1, 0.15) is 30.7 Å². The zero-order valence-electron chi connectivity index (χ0n) is 16.1. The van der Waals surface area contributed by atoms with E-state index in [0.29, 0.717) is 17.0 Å². The average Bonchev–Trinajstić information content (AvgIpc) is 3.12. The number of amides is 1. The van der Waals surface area contributed by atoms with Crippen molar-refractivity contribution < 1.29 is 14.1 Å². The van der Waals surface area contributed by atoms with Crippen molar-refractivity contribution in [3.8, 4) is 18.1 Å². The summed E-state index contributed by atoms with van der Waals surface area (Å²) in [5.74, 6) is 2.88. The van der Waals surface area contributed by atoms with E-state index in [-0.39, 0.29) is 5.91 Å². The van der Waals surface area contributed by atoms with Crippen LogP contribution in [0.25, 0.3) is 10.9 Å². The van der Waals surface area contributed by atoms with Gasteiger partial charge in [0.1, 0.15) is 17.7 Å². The number of thioether (sulfide) groups is 1. The Balaban J connectivity index is 1.78. The van der Waals surface area contributed by atoms with Gasteiger partial charge < -0.3 is 14.6 Å². The summed E-state index contributed by atoms with van der Waals surface area (Å²) in [6, 6.07) is 7.31. The monoisotopic (exact) mass is 395 g/mol. The highest BCUT2D eigenvalue weighted by molar-refractivity contribution is 7.99. The molecule has 3 rings (SSSR count). The molecule has 0 aliphatic rings. The van der Waals surface area contributed by atoms with Crippen LogP contribution in [0.4, 0.5) is 0 Å². The summed E-state index contributed by atoms with van der Waals surface area (Å²) in [6.07, 6.45) is 10.5. The largest absolute Gasteiger partial charge is 0.470 e. The van der Waals surface area contributed by atoms with Crippen LogP contribution < -0.4 is 10.1 Å². The number of terminal acetylenes is 1. The van der Waals surface area contributed by atoms with Gasteiger partial charge in [-0.15, -0.1) is 18.2 Å². The van der Waals surface area contributed by atoms with Crippen molar-refractivity contribution in [3.05, 3.63) is 53.5 Å². The maximum Gasteiger partial charge on any atom is 0.272 e.